The summed E-state index contributed by atoms with van der Waals surface area (Å²) in [7, 11) is 2.08. The van der Waals surface area contributed by atoms with Crippen LogP contribution in [-0.2, 0) is 13.1 Å². The highest BCUT2D eigenvalue weighted by molar-refractivity contribution is 7.09. The summed E-state index contributed by atoms with van der Waals surface area (Å²) in [5, 5.41) is 3.15. The fraction of sp³-hybridized carbons (Fsp3) is 0.455. The van der Waals surface area contributed by atoms with E-state index in [9.17, 15) is 0 Å². The van der Waals surface area contributed by atoms with Gasteiger partial charge < -0.3 is 4.98 Å². The first-order valence-corrected chi connectivity index (χ1v) is 6.12. The molecule has 0 saturated heterocycles. The van der Waals surface area contributed by atoms with Gasteiger partial charge in [-0.25, -0.2) is 9.97 Å². The molecule has 4 nitrogen and oxygen atoms in total. The van der Waals surface area contributed by atoms with Crippen molar-refractivity contribution in [2.75, 3.05) is 7.05 Å². The molecule has 0 aromatic carbocycles. The number of aryl methyl sites for hydroxylation is 2. The lowest BCUT2D eigenvalue weighted by Gasteiger charge is -2.12. The maximum atomic E-state index is 4.47. The molecule has 5 heteroatoms. The smallest absolute Gasteiger partial charge is 0.120 e. The van der Waals surface area contributed by atoms with Crippen LogP contribution in [0.25, 0.3) is 0 Å². The molecule has 0 aliphatic heterocycles. The third kappa shape index (κ3) is 2.68. The lowest BCUT2D eigenvalue weighted by atomic mass is 10.4. The van der Waals surface area contributed by atoms with E-state index in [0.29, 0.717) is 0 Å². The van der Waals surface area contributed by atoms with Gasteiger partial charge in [0.05, 0.1) is 18.8 Å². The topological polar surface area (TPSA) is 44.8 Å². The zero-order valence-electron chi connectivity index (χ0n) is 9.82. The van der Waals surface area contributed by atoms with Gasteiger partial charge in [0, 0.05) is 17.3 Å². The molecule has 0 fully saturated rings. The minimum absolute atomic E-state index is 0.828. The van der Waals surface area contributed by atoms with Crippen LogP contribution >= 0.6 is 11.3 Å². The monoisotopic (exact) mass is 236 g/mol. The molecule has 16 heavy (non-hydrogen) atoms. The van der Waals surface area contributed by atoms with E-state index in [0.717, 1.165) is 35.3 Å². The van der Waals surface area contributed by atoms with Crippen LogP contribution < -0.4 is 0 Å². The van der Waals surface area contributed by atoms with Gasteiger partial charge in [-0.3, -0.25) is 4.90 Å². The Bertz CT molecular complexity index is 427. The number of aromatic nitrogens is 3. The van der Waals surface area contributed by atoms with Crippen molar-refractivity contribution in [3.8, 4) is 0 Å². The van der Waals surface area contributed by atoms with Gasteiger partial charge in [0.2, 0.25) is 0 Å². The normalized spacial score (nSPS) is 11.2. The first kappa shape index (κ1) is 11.3. The number of nitrogens with one attached hydrogen (secondary N) is 1. The highest BCUT2D eigenvalue weighted by atomic mass is 32.1. The zero-order valence-corrected chi connectivity index (χ0v) is 10.6. The van der Waals surface area contributed by atoms with Crippen molar-refractivity contribution in [3.05, 3.63) is 33.8 Å². The molecular weight excluding hydrogens is 220 g/mol. The van der Waals surface area contributed by atoms with Gasteiger partial charge in [0.15, 0.2) is 0 Å². The Morgan fingerprint density at radius 1 is 1.38 bits per heavy atom. The van der Waals surface area contributed by atoms with E-state index in [-0.39, 0.29) is 0 Å². The molecule has 0 aliphatic rings. The summed E-state index contributed by atoms with van der Waals surface area (Å²) in [5.41, 5.74) is 2.23. The van der Waals surface area contributed by atoms with E-state index in [1.54, 1.807) is 11.3 Å². The first-order chi connectivity index (χ1) is 7.65. The van der Waals surface area contributed by atoms with Gasteiger partial charge >= 0.3 is 0 Å². The molecule has 0 saturated carbocycles. The van der Waals surface area contributed by atoms with Crippen LogP contribution in [-0.4, -0.2) is 26.9 Å². The number of hydrogen-bond acceptors (Lipinski definition) is 4. The third-order valence-electron chi connectivity index (χ3n) is 2.49. The Labute approximate surface area is 99.4 Å². The molecular formula is C11H16N4S. The summed E-state index contributed by atoms with van der Waals surface area (Å²) in [5.74, 6) is 1.02. The van der Waals surface area contributed by atoms with Gasteiger partial charge in [-0.1, -0.05) is 0 Å². The predicted octanol–water partition coefficient (Wildman–Crippen LogP) is 2.12. The molecule has 2 aromatic rings. The van der Waals surface area contributed by atoms with Crippen LogP contribution in [0.3, 0.4) is 0 Å². The highest BCUT2D eigenvalue weighted by Gasteiger charge is 2.07. The van der Waals surface area contributed by atoms with E-state index >= 15 is 0 Å². The lowest BCUT2D eigenvalue weighted by molar-refractivity contribution is 0.311. The van der Waals surface area contributed by atoms with Gasteiger partial charge in [-0.05, 0) is 20.9 Å². The molecule has 0 unspecified atom stereocenters. The second-order valence-electron chi connectivity index (χ2n) is 3.99. The van der Waals surface area contributed by atoms with Crippen molar-refractivity contribution < 1.29 is 0 Å². The van der Waals surface area contributed by atoms with Crippen molar-refractivity contribution in [2.45, 2.75) is 26.9 Å². The van der Waals surface area contributed by atoms with Crippen LogP contribution in [0.15, 0.2) is 11.6 Å². The molecule has 1 N–H and O–H groups in total. The first-order valence-electron chi connectivity index (χ1n) is 5.24. The second kappa shape index (κ2) is 4.76. The van der Waals surface area contributed by atoms with Gasteiger partial charge in [-0.2, -0.15) is 0 Å². The van der Waals surface area contributed by atoms with Gasteiger partial charge in [0.1, 0.15) is 10.8 Å². The quantitative estimate of drug-likeness (QED) is 0.884. The molecule has 0 atom stereocenters. The van der Waals surface area contributed by atoms with Crippen molar-refractivity contribution in [2.24, 2.45) is 0 Å². The van der Waals surface area contributed by atoms with Crippen LogP contribution in [0.5, 0.6) is 0 Å². The molecule has 0 amide bonds. The minimum atomic E-state index is 0.828. The summed E-state index contributed by atoms with van der Waals surface area (Å²) in [4.78, 5) is 14.2. The van der Waals surface area contributed by atoms with E-state index in [1.807, 2.05) is 25.4 Å². The Hall–Kier alpha value is -1.20. The summed E-state index contributed by atoms with van der Waals surface area (Å²) in [6.07, 6.45) is 1.84. The Balaban J connectivity index is 1.94. The molecule has 0 spiro atoms. The van der Waals surface area contributed by atoms with Crippen molar-refractivity contribution >= 4 is 11.3 Å². The van der Waals surface area contributed by atoms with E-state index < -0.39 is 0 Å². The van der Waals surface area contributed by atoms with Gasteiger partial charge in [0.25, 0.3) is 0 Å². The maximum Gasteiger partial charge on any atom is 0.120 e. The number of rotatable bonds is 4. The number of imidazole rings is 1. The number of thiazole rings is 1. The SMILES string of the molecule is Cc1nc(CN(C)Cc2nccs2)[nH]c1C. The average Bonchev–Trinajstić information content (AvgIpc) is 2.78. The largest absolute Gasteiger partial charge is 0.345 e. The Morgan fingerprint density at radius 2 is 2.19 bits per heavy atom. The number of H-pyrrole nitrogens is 1. The highest BCUT2D eigenvalue weighted by Crippen LogP contribution is 2.10. The van der Waals surface area contributed by atoms with Crippen LogP contribution in [0.4, 0.5) is 0 Å². The van der Waals surface area contributed by atoms with Gasteiger partial charge in [-0.15, -0.1) is 11.3 Å². The molecule has 0 radical (unpaired) electrons. The minimum Gasteiger partial charge on any atom is -0.345 e. The van der Waals surface area contributed by atoms with E-state index in [2.05, 4.69) is 26.9 Å². The molecule has 0 aliphatic carbocycles. The summed E-state index contributed by atoms with van der Waals surface area (Å²) in [6.45, 7) is 5.77. The molecule has 0 bridgehead atoms. The molecule has 2 heterocycles. The number of hydrogen-bond donors (Lipinski definition) is 1. The predicted molar refractivity (Wildman–Crippen MR) is 65.3 cm³/mol. The lowest BCUT2D eigenvalue weighted by Crippen LogP contribution is -2.17. The van der Waals surface area contributed by atoms with Crippen LogP contribution in [0, 0.1) is 13.8 Å². The zero-order chi connectivity index (χ0) is 11.5. The molecule has 2 aromatic heterocycles. The van der Waals surface area contributed by atoms with Crippen molar-refractivity contribution in [1.82, 2.24) is 19.9 Å². The van der Waals surface area contributed by atoms with Crippen molar-refractivity contribution in [3.63, 3.8) is 0 Å². The standard InChI is InChI=1S/C11H16N4S/c1-8-9(2)14-10(13-8)6-15(3)7-11-12-4-5-16-11/h4-5H,6-7H2,1-3H3,(H,13,14). The molecule has 86 valence electrons. The van der Waals surface area contributed by atoms with Crippen LogP contribution in [0.2, 0.25) is 0 Å². The average molecular weight is 236 g/mol. The summed E-state index contributed by atoms with van der Waals surface area (Å²) in [6, 6.07) is 0. The van der Waals surface area contributed by atoms with E-state index in [1.165, 1.54) is 0 Å². The fourth-order valence-corrected chi connectivity index (χ4v) is 2.26. The maximum absolute atomic E-state index is 4.47. The Morgan fingerprint density at radius 3 is 2.75 bits per heavy atom. The summed E-state index contributed by atoms with van der Waals surface area (Å²) >= 11 is 1.69. The van der Waals surface area contributed by atoms with E-state index in [4.69, 9.17) is 0 Å². The number of nitrogens with zero attached hydrogens (tertiary/aromatic N) is 3. The third-order valence-corrected chi connectivity index (χ3v) is 3.25. The van der Waals surface area contributed by atoms with Crippen LogP contribution in [0.1, 0.15) is 22.2 Å². The van der Waals surface area contributed by atoms with Crippen molar-refractivity contribution in [1.29, 1.82) is 0 Å². The second-order valence-corrected chi connectivity index (χ2v) is 4.97. The summed E-state index contributed by atoms with van der Waals surface area (Å²) < 4.78 is 0. The molecule has 2 rings (SSSR count). The Kier molecular flexibility index (Phi) is 3.36. The fourth-order valence-electron chi connectivity index (χ4n) is 1.57. The number of aromatic amines is 1.